The summed E-state index contributed by atoms with van der Waals surface area (Å²) in [6.07, 6.45) is 1.88. The van der Waals surface area contributed by atoms with Gasteiger partial charge in [-0.05, 0) is 37.6 Å². The Morgan fingerprint density at radius 2 is 2.39 bits per heavy atom. The molecule has 1 amide bonds. The second-order valence-corrected chi connectivity index (χ2v) is 6.36. The zero-order valence-corrected chi connectivity index (χ0v) is 13.6. The van der Waals surface area contributed by atoms with Crippen molar-refractivity contribution in [1.29, 1.82) is 0 Å². The number of amides is 1. The number of imidazole rings is 1. The van der Waals surface area contributed by atoms with E-state index < -0.39 is 0 Å². The van der Waals surface area contributed by atoms with Crippen molar-refractivity contribution in [3.05, 3.63) is 29.0 Å². The fourth-order valence-corrected chi connectivity index (χ4v) is 3.22. The number of H-pyrrole nitrogens is 1. The molecule has 1 atom stereocenters. The number of halogens is 1. The number of benzene rings is 1. The number of rotatable bonds is 5. The monoisotopic (exact) mass is 336 g/mol. The van der Waals surface area contributed by atoms with Crippen LogP contribution >= 0.6 is 11.6 Å². The first-order chi connectivity index (χ1) is 11.2. The maximum atomic E-state index is 12.3. The molecule has 0 bridgehead atoms. The number of carbonyl (C=O) groups excluding carboxylic acids is 1. The van der Waals surface area contributed by atoms with E-state index in [1.807, 2.05) is 12.1 Å². The van der Waals surface area contributed by atoms with Crippen LogP contribution in [0.2, 0.25) is 5.02 Å². The van der Waals surface area contributed by atoms with Crippen molar-refractivity contribution in [2.24, 2.45) is 5.92 Å². The highest BCUT2D eigenvalue weighted by atomic mass is 35.5. The van der Waals surface area contributed by atoms with Gasteiger partial charge in [-0.2, -0.15) is 0 Å². The van der Waals surface area contributed by atoms with Crippen molar-refractivity contribution in [3.63, 3.8) is 0 Å². The predicted molar refractivity (Wildman–Crippen MR) is 89.2 cm³/mol. The van der Waals surface area contributed by atoms with E-state index in [0.29, 0.717) is 24.7 Å². The van der Waals surface area contributed by atoms with Gasteiger partial charge in [0.05, 0.1) is 30.1 Å². The van der Waals surface area contributed by atoms with Gasteiger partial charge in [-0.3, -0.25) is 4.79 Å². The second kappa shape index (κ2) is 7.29. The van der Waals surface area contributed by atoms with Crippen LogP contribution in [0.5, 0.6) is 0 Å². The Morgan fingerprint density at radius 1 is 1.52 bits per heavy atom. The smallest absolute Gasteiger partial charge is 0.224 e. The van der Waals surface area contributed by atoms with Crippen molar-refractivity contribution in [1.82, 2.24) is 20.2 Å². The van der Waals surface area contributed by atoms with Crippen LogP contribution in [0.1, 0.15) is 18.7 Å². The highest BCUT2D eigenvalue weighted by molar-refractivity contribution is 6.31. The first kappa shape index (κ1) is 16.2. The van der Waals surface area contributed by atoms with Gasteiger partial charge in [-0.1, -0.05) is 11.6 Å². The second-order valence-electron chi connectivity index (χ2n) is 5.93. The quantitative estimate of drug-likeness (QED) is 0.773. The van der Waals surface area contributed by atoms with Crippen molar-refractivity contribution in [3.8, 4) is 0 Å². The molecule has 3 N–H and O–H groups in total. The lowest BCUT2D eigenvalue weighted by molar-refractivity contribution is -0.127. The number of β-amino-alcohol motifs (C(OH)–C–C–N with tert-alkyl or cyclic N) is 1. The van der Waals surface area contributed by atoms with Gasteiger partial charge in [-0.15, -0.1) is 0 Å². The fourth-order valence-electron chi connectivity index (χ4n) is 3.05. The number of likely N-dealkylation sites (tertiary alicyclic amines) is 1. The lowest BCUT2D eigenvalue weighted by atomic mass is 9.97. The van der Waals surface area contributed by atoms with Crippen LogP contribution in [0.25, 0.3) is 11.0 Å². The van der Waals surface area contributed by atoms with Gasteiger partial charge in [0, 0.05) is 18.1 Å². The molecule has 0 saturated carbocycles. The molecular formula is C16H21ClN4O2. The minimum atomic E-state index is -0.0193. The third-order valence-corrected chi connectivity index (χ3v) is 4.45. The maximum Gasteiger partial charge on any atom is 0.224 e. The summed E-state index contributed by atoms with van der Waals surface area (Å²) < 4.78 is 0. The molecule has 1 aliphatic rings. The molecule has 1 fully saturated rings. The summed E-state index contributed by atoms with van der Waals surface area (Å²) in [5.74, 6) is 0.749. The van der Waals surface area contributed by atoms with Gasteiger partial charge in [0.15, 0.2) is 0 Å². The summed E-state index contributed by atoms with van der Waals surface area (Å²) in [5, 5.41) is 12.6. The van der Waals surface area contributed by atoms with Crippen molar-refractivity contribution in [2.75, 3.05) is 26.2 Å². The van der Waals surface area contributed by atoms with Crippen LogP contribution < -0.4 is 5.32 Å². The lowest BCUT2D eigenvalue weighted by Gasteiger charge is -2.31. The molecule has 2 aromatic rings. The third kappa shape index (κ3) is 4.02. The maximum absolute atomic E-state index is 12.3. The summed E-state index contributed by atoms with van der Waals surface area (Å²) in [5.41, 5.74) is 1.71. The largest absolute Gasteiger partial charge is 0.395 e. The van der Waals surface area contributed by atoms with Crippen molar-refractivity contribution in [2.45, 2.75) is 19.4 Å². The number of hydrogen-bond donors (Lipinski definition) is 3. The van der Waals surface area contributed by atoms with E-state index in [1.165, 1.54) is 0 Å². The molecule has 124 valence electrons. The highest BCUT2D eigenvalue weighted by Crippen LogP contribution is 2.18. The molecule has 0 unspecified atom stereocenters. The van der Waals surface area contributed by atoms with Crippen LogP contribution in [-0.4, -0.2) is 52.1 Å². The molecule has 2 heterocycles. The molecule has 23 heavy (non-hydrogen) atoms. The molecular weight excluding hydrogens is 316 g/mol. The Balaban J connectivity index is 1.57. The Bertz CT molecular complexity index is 686. The van der Waals surface area contributed by atoms with E-state index >= 15 is 0 Å². The number of piperidine rings is 1. The van der Waals surface area contributed by atoms with Gasteiger partial charge in [0.25, 0.3) is 0 Å². The Kier molecular flexibility index (Phi) is 5.15. The van der Waals surface area contributed by atoms with Gasteiger partial charge in [0.2, 0.25) is 5.91 Å². The van der Waals surface area contributed by atoms with E-state index in [1.54, 1.807) is 6.07 Å². The van der Waals surface area contributed by atoms with Gasteiger partial charge in [-0.25, -0.2) is 4.98 Å². The number of aromatic amines is 1. The normalized spacial score (nSPS) is 19.1. The summed E-state index contributed by atoms with van der Waals surface area (Å²) in [6, 6.07) is 5.47. The Morgan fingerprint density at radius 3 is 3.22 bits per heavy atom. The highest BCUT2D eigenvalue weighted by Gasteiger charge is 2.25. The average molecular weight is 337 g/mol. The van der Waals surface area contributed by atoms with Gasteiger partial charge >= 0.3 is 0 Å². The molecule has 6 nitrogen and oxygen atoms in total. The van der Waals surface area contributed by atoms with E-state index in [-0.39, 0.29) is 18.4 Å². The van der Waals surface area contributed by atoms with E-state index in [4.69, 9.17) is 16.7 Å². The number of aliphatic hydroxyl groups is 1. The van der Waals surface area contributed by atoms with Crippen molar-refractivity contribution >= 4 is 28.5 Å². The van der Waals surface area contributed by atoms with Crippen molar-refractivity contribution < 1.29 is 9.90 Å². The predicted octanol–water partition coefficient (Wildman–Crippen LogP) is 1.54. The van der Waals surface area contributed by atoms with Crippen LogP contribution in [0.4, 0.5) is 0 Å². The van der Waals surface area contributed by atoms with E-state index in [9.17, 15) is 4.79 Å². The van der Waals surface area contributed by atoms with Crippen LogP contribution in [0.15, 0.2) is 18.2 Å². The average Bonchev–Trinajstić information content (AvgIpc) is 2.95. The number of nitrogens with one attached hydrogen (secondary N) is 2. The van der Waals surface area contributed by atoms with E-state index in [0.717, 1.165) is 36.2 Å². The SMILES string of the molecule is O=C(NCc1nc2ccc(Cl)cc2[nH]1)[C@H]1CCCN(CCO)C1. The summed E-state index contributed by atoms with van der Waals surface area (Å²) >= 11 is 5.96. The standard InChI is InChI=1S/C16H21ClN4O2/c17-12-3-4-13-14(8-12)20-15(19-13)9-18-16(23)11-2-1-5-21(10-11)6-7-22/h3-4,8,11,22H,1-2,5-7,9-10H2,(H,18,23)(H,19,20)/t11-/m0/s1. The summed E-state index contributed by atoms with van der Waals surface area (Å²) in [6.45, 7) is 2.81. The van der Waals surface area contributed by atoms with Crippen LogP contribution in [0, 0.1) is 5.92 Å². The molecule has 3 rings (SSSR count). The molecule has 0 spiro atoms. The first-order valence-corrected chi connectivity index (χ1v) is 8.28. The fraction of sp³-hybridized carbons (Fsp3) is 0.500. The van der Waals surface area contributed by atoms with Crippen LogP contribution in [0.3, 0.4) is 0 Å². The van der Waals surface area contributed by atoms with Crippen LogP contribution in [-0.2, 0) is 11.3 Å². The zero-order valence-electron chi connectivity index (χ0n) is 12.9. The van der Waals surface area contributed by atoms with Gasteiger partial charge < -0.3 is 20.3 Å². The first-order valence-electron chi connectivity index (χ1n) is 7.91. The minimum Gasteiger partial charge on any atom is -0.395 e. The molecule has 0 aliphatic carbocycles. The Hall–Kier alpha value is -1.63. The third-order valence-electron chi connectivity index (χ3n) is 4.22. The number of nitrogens with zero attached hydrogens (tertiary/aromatic N) is 2. The zero-order chi connectivity index (χ0) is 16.2. The minimum absolute atomic E-state index is 0.0193. The molecule has 1 saturated heterocycles. The molecule has 7 heteroatoms. The molecule has 1 aromatic carbocycles. The lowest BCUT2D eigenvalue weighted by Crippen LogP contribution is -2.43. The van der Waals surface area contributed by atoms with E-state index in [2.05, 4.69) is 20.2 Å². The number of carbonyl (C=O) groups is 1. The topological polar surface area (TPSA) is 81.2 Å². The molecule has 1 aromatic heterocycles. The number of hydrogen-bond acceptors (Lipinski definition) is 4. The summed E-state index contributed by atoms with van der Waals surface area (Å²) in [7, 11) is 0. The molecule has 1 aliphatic heterocycles. The number of fused-ring (bicyclic) bond motifs is 1. The number of aliphatic hydroxyl groups excluding tert-OH is 1. The molecule has 0 radical (unpaired) electrons. The van der Waals surface area contributed by atoms with Gasteiger partial charge in [0.1, 0.15) is 5.82 Å². The Labute approximate surface area is 139 Å². The summed E-state index contributed by atoms with van der Waals surface area (Å²) in [4.78, 5) is 22.1. The number of aromatic nitrogens is 2.